The molecule has 0 saturated heterocycles. The van der Waals surface area contributed by atoms with Gasteiger partial charge in [0.05, 0.1) is 12.6 Å². The highest BCUT2D eigenvalue weighted by atomic mass is 19.4. The first-order chi connectivity index (χ1) is 9.01. The number of benzene rings is 1. The number of hydrogen-bond donors (Lipinski definition) is 1. The average molecular weight is 275 g/mol. The number of halogens is 3. The maximum atomic E-state index is 12.2. The van der Waals surface area contributed by atoms with Crippen LogP contribution in [0.3, 0.4) is 0 Å². The van der Waals surface area contributed by atoms with Gasteiger partial charge in [-0.05, 0) is 24.6 Å². The molecule has 1 aliphatic heterocycles. The topological polar surface area (TPSA) is 30.5 Å². The van der Waals surface area contributed by atoms with Crippen molar-refractivity contribution < 1.29 is 22.6 Å². The summed E-state index contributed by atoms with van der Waals surface area (Å²) in [5, 5.41) is 3.27. The van der Waals surface area contributed by atoms with Crippen LogP contribution in [0.25, 0.3) is 0 Å². The lowest BCUT2D eigenvalue weighted by Crippen LogP contribution is -2.33. The molecule has 1 atom stereocenters. The Balaban J connectivity index is 2.20. The van der Waals surface area contributed by atoms with Crippen LogP contribution in [0, 0.1) is 0 Å². The molecule has 0 saturated carbocycles. The molecular weight excluding hydrogens is 259 g/mol. The maximum Gasteiger partial charge on any atom is 0.422 e. The number of rotatable bonds is 4. The Morgan fingerprint density at radius 1 is 1.37 bits per heavy atom. The smallest absolute Gasteiger partial charge is 0.422 e. The van der Waals surface area contributed by atoms with Crippen molar-refractivity contribution in [3.63, 3.8) is 0 Å². The van der Waals surface area contributed by atoms with Gasteiger partial charge in [-0.2, -0.15) is 13.2 Å². The number of alkyl halides is 3. The van der Waals surface area contributed by atoms with Crippen molar-refractivity contribution in [3.05, 3.63) is 29.3 Å². The fourth-order valence-electron chi connectivity index (χ4n) is 2.27. The van der Waals surface area contributed by atoms with Gasteiger partial charge < -0.3 is 14.8 Å². The Morgan fingerprint density at radius 3 is 2.84 bits per heavy atom. The van der Waals surface area contributed by atoms with Crippen LogP contribution < -0.4 is 10.1 Å². The van der Waals surface area contributed by atoms with Crippen molar-refractivity contribution >= 4 is 0 Å². The van der Waals surface area contributed by atoms with Crippen LogP contribution in [-0.4, -0.2) is 33.0 Å². The molecule has 0 amide bonds. The second-order valence-electron chi connectivity index (χ2n) is 4.44. The molecule has 2 rings (SSSR count). The summed E-state index contributed by atoms with van der Waals surface area (Å²) in [7, 11) is 1.60. The summed E-state index contributed by atoms with van der Waals surface area (Å²) in [4.78, 5) is 0. The van der Waals surface area contributed by atoms with Crippen LogP contribution >= 0.6 is 0 Å². The van der Waals surface area contributed by atoms with Crippen molar-refractivity contribution in [2.24, 2.45) is 0 Å². The zero-order chi connectivity index (χ0) is 13.9. The summed E-state index contributed by atoms with van der Waals surface area (Å²) in [6.45, 7) is -0.0744. The molecule has 106 valence electrons. The molecule has 6 heteroatoms. The highest BCUT2D eigenvalue weighted by molar-refractivity contribution is 5.43. The molecule has 1 aliphatic rings. The van der Waals surface area contributed by atoms with Gasteiger partial charge in [-0.3, -0.25) is 0 Å². The van der Waals surface area contributed by atoms with Gasteiger partial charge in [0.1, 0.15) is 5.75 Å². The number of fused-ring (bicyclic) bond motifs is 1. The third-order valence-corrected chi connectivity index (χ3v) is 3.04. The lowest BCUT2D eigenvalue weighted by atomic mass is 9.94. The van der Waals surface area contributed by atoms with Gasteiger partial charge in [-0.1, -0.05) is 12.1 Å². The molecule has 19 heavy (non-hydrogen) atoms. The van der Waals surface area contributed by atoms with Crippen LogP contribution in [0.2, 0.25) is 0 Å². The molecule has 1 aromatic rings. The van der Waals surface area contributed by atoms with Crippen LogP contribution in [0.5, 0.6) is 5.75 Å². The number of methoxy groups -OCH3 is 1. The molecule has 0 unspecified atom stereocenters. The minimum Gasteiger partial charge on any atom is -0.484 e. The van der Waals surface area contributed by atoms with Gasteiger partial charge in [-0.25, -0.2) is 0 Å². The van der Waals surface area contributed by atoms with Crippen molar-refractivity contribution in [2.45, 2.75) is 18.6 Å². The number of hydrogen-bond acceptors (Lipinski definition) is 3. The Morgan fingerprint density at radius 2 is 2.16 bits per heavy atom. The molecule has 1 heterocycles. The van der Waals surface area contributed by atoms with E-state index < -0.39 is 12.8 Å². The molecule has 0 bridgehead atoms. The maximum absolute atomic E-state index is 12.2. The number of nitrogens with one attached hydrogen (secondary N) is 1. The quantitative estimate of drug-likeness (QED) is 0.915. The van der Waals surface area contributed by atoms with Gasteiger partial charge in [0.2, 0.25) is 0 Å². The predicted molar refractivity (Wildman–Crippen MR) is 64.3 cm³/mol. The standard InChI is InChI=1S/C13H16F3NO2/c1-18-7-11-9-3-2-4-12(10(9)5-6-17-11)19-8-13(14,15)16/h2-4,11,17H,5-8H2,1H3/t11-/m0/s1. The lowest BCUT2D eigenvalue weighted by molar-refractivity contribution is -0.153. The zero-order valence-corrected chi connectivity index (χ0v) is 10.6. The molecule has 3 nitrogen and oxygen atoms in total. The molecule has 0 spiro atoms. The summed E-state index contributed by atoms with van der Waals surface area (Å²) >= 11 is 0. The van der Waals surface area contributed by atoms with Crippen LogP contribution in [0.1, 0.15) is 17.2 Å². The first-order valence-corrected chi connectivity index (χ1v) is 6.05. The van der Waals surface area contributed by atoms with E-state index in [9.17, 15) is 13.2 Å². The third kappa shape index (κ3) is 3.61. The summed E-state index contributed by atoms with van der Waals surface area (Å²) in [6.07, 6.45) is -3.66. The van der Waals surface area contributed by atoms with Crippen molar-refractivity contribution in [1.82, 2.24) is 5.32 Å². The van der Waals surface area contributed by atoms with E-state index >= 15 is 0 Å². The largest absolute Gasteiger partial charge is 0.484 e. The van der Waals surface area contributed by atoms with E-state index in [0.717, 1.165) is 11.1 Å². The van der Waals surface area contributed by atoms with E-state index in [1.807, 2.05) is 6.07 Å². The van der Waals surface area contributed by atoms with E-state index in [2.05, 4.69) is 5.32 Å². The fourth-order valence-corrected chi connectivity index (χ4v) is 2.27. The zero-order valence-electron chi connectivity index (χ0n) is 10.6. The summed E-state index contributed by atoms with van der Waals surface area (Å²) in [5.74, 6) is 0.317. The first-order valence-electron chi connectivity index (χ1n) is 6.05. The van der Waals surface area contributed by atoms with Crippen molar-refractivity contribution in [3.8, 4) is 5.75 Å². The van der Waals surface area contributed by atoms with Gasteiger partial charge >= 0.3 is 6.18 Å². The molecular formula is C13H16F3NO2. The molecule has 0 aliphatic carbocycles. The average Bonchev–Trinajstić information content (AvgIpc) is 2.36. The Hall–Kier alpha value is -1.27. The summed E-state index contributed by atoms with van der Waals surface area (Å²) in [6, 6.07) is 5.19. The van der Waals surface area contributed by atoms with Crippen molar-refractivity contribution in [1.29, 1.82) is 0 Å². The number of ether oxygens (including phenoxy) is 2. The summed E-state index contributed by atoms with van der Waals surface area (Å²) < 4.78 is 46.7. The second kappa shape index (κ2) is 5.79. The Bertz CT molecular complexity index is 434. The van der Waals surface area contributed by atoms with Gasteiger partial charge in [0.25, 0.3) is 0 Å². The Labute approximate surface area is 109 Å². The lowest BCUT2D eigenvalue weighted by Gasteiger charge is -2.28. The SMILES string of the molecule is COC[C@@H]1NCCc2c(OCC(F)(F)F)cccc21. The molecule has 0 aromatic heterocycles. The minimum absolute atomic E-state index is 0.00295. The minimum atomic E-state index is -4.32. The van der Waals surface area contributed by atoms with E-state index in [0.29, 0.717) is 25.3 Å². The van der Waals surface area contributed by atoms with Gasteiger partial charge in [0.15, 0.2) is 6.61 Å². The van der Waals surface area contributed by atoms with E-state index in [-0.39, 0.29) is 6.04 Å². The van der Waals surface area contributed by atoms with Crippen molar-refractivity contribution in [2.75, 3.05) is 26.9 Å². The molecule has 1 N–H and O–H groups in total. The van der Waals surface area contributed by atoms with E-state index in [1.165, 1.54) is 0 Å². The molecule has 0 radical (unpaired) electrons. The predicted octanol–water partition coefficient (Wildman–Crippen LogP) is 2.46. The summed E-state index contributed by atoms with van der Waals surface area (Å²) in [5.41, 5.74) is 1.79. The molecule has 1 aromatic carbocycles. The van der Waals surface area contributed by atoms with E-state index in [1.54, 1.807) is 19.2 Å². The molecule has 0 fully saturated rings. The van der Waals surface area contributed by atoms with E-state index in [4.69, 9.17) is 9.47 Å². The van der Waals surface area contributed by atoms with Gasteiger partial charge in [-0.15, -0.1) is 0 Å². The van der Waals surface area contributed by atoms with Crippen LogP contribution in [-0.2, 0) is 11.2 Å². The fraction of sp³-hybridized carbons (Fsp3) is 0.538. The highest BCUT2D eigenvalue weighted by Crippen LogP contribution is 2.31. The monoisotopic (exact) mass is 275 g/mol. The van der Waals surface area contributed by atoms with Gasteiger partial charge in [0, 0.05) is 12.7 Å². The normalized spacial score (nSPS) is 19.1. The third-order valence-electron chi connectivity index (χ3n) is 3.04. The first kappa shape index (κ1) is 14.1. The second-order valence-corrected chi connectivity index (χ2v) is 4.44. The van der Waals surface area contributed by atoms with Crippen LogP contribution in [0.15, 0.2) is 18.2 Å². The highest BCUT2D eigenvalue weighted by Gasteiger charge is 2.30. The van der Waals surface area contributed by atoms with Crippen LogP contribution in [0.4, 0.5) is 13.2 Å². The Kier molecular flexibility index (Phi) is 4.31.